The van der Waals surface area contributed by atoms with Crippen LogP contribution in [0.5, 0.6) is 5.75 Å². The van der Waals surface area contributed by atoms with E-state index in [1.807, 2.05) is 18.7 Å². The number of nitro benzene ring substituents is 1. The van der Waals surface area contributed by atoms with Gasteiger partial charge in [-0.3, -0.25) is 10.1 Å². The lowest BCUT2D eigenvalue weighted by Crippen LogP contribution is -2.22. The summed E-state index contributed by atoms with van der Waals surface area (Å²) in [7, 11) is 0. The molecule has 1 aromatic heterocycles. The number of aromatic hydroxyl groups is 1. The van der Waals surface area contributed by atoms with E-state index < -0.39 is 4.92 Å². The van der Waals surface area contributed by atoms with Gasteiger partial charge >= 0.3 is 5.69 Å². The summed E-state index contributed by atoms with van der Waals surface area (Å²) in [6.07, 6.45) is 0. The van der Waals surface area contributed by atoms with Gasteiger partial charge in [0.15, 0.2) is 5.52 Å². The van der Waals surface area contributed by atoms with E-state index >= 15 is 0 Å². The minimum absolute atomic E-state index is 0.0563. The van der Waals surface area contributed by atoms with Crippen molar-refractivity contribution in [3.8, 4) is 5.75 Å². The Morgan fingerprint density at radius 1 is 1.24 bits per heavy atom. The zero-order valence-electron chi connectivity index (χ0n) is 13.8. The summed E-state index contributed by atoms with van der Waals surface area (Å²) in [6.45, 7) is 5.35. The van der Waals surface area contributed by atoms with E-state index in [-0.39, 0.29) is 22.6 Å². The van der Waals surface area contributed by atoms with Crippen LogP contribution in [0.2, 0.25) is 0 Å². The van der Waals surface area contributed by atoms with Gasteiger partial charge in [-0.15, -0.1) is 0 Å². The number of phenols is 1. The molecule has 2 aromatic carbocycles. The monoisotopic (exact) mass is 343 g/mol. The van der Waals surface area contributed by atoms with Gasteiger partial charge in [-0.05, 0) is 42.4 Å². The quantitative estimate of drug-likeness (QED) is 0.516. The average molecular weight is 343 g/mol. The number of nitro groups is 1. The van der Waals surface area contributed by atoms with E-state index in [2.05, 4.69) is 15.6 Å². The Hall–Kier alpha value is -3.36. The highest BCUT2D eigenvalue weighted by molar-refractivity contribution is 6.00. The molecular weight excluding hydrogens is 326 g/mol. The molecule has 0 aliphatic rings. The molecule has 0 amide bonds. The maximum absolute atomic E-state index is 11.6. The summed E-state index contributed by atoms with van der Waals surface area (Å²) in [4.78, 5) is 13.1. The summed E-state index contributed by atoms with van der Waals surface area (Å²) in [6, 6.07) is 8.00. The molecule has 1 heterocycles. The van der Waals surface area contributed by atoms with Gasteiger partial charge in [0, 0.05) is 24.8 Å². The van der Waals surface area contributed by atoms with Crippen molar-refractivity contribution in [3.05, 3.63) is 40.4 Å². The number of nitrogens with zero attached hydrogens (tertiary/aromatic N) is 4. The van der Waals surface area contributed by atoms with E-state index in [0.29, 0.717) is 30.0 Å². The maximum atomic E-state index is 11.6. The first kappa shape index (κ1) is 16.5. The molecule has 0 unspecified atom stereocenters. The molecule has 0 saturated carbocycles. The Kier molecular flexibility index (Phi) is 4.38. The summed E-state index contributed by atoms with van der Waals surface area (Å²) < 4.78 is 4.76. The zero-order valence-corrected chi connectivity index (χ0v) is 13.8. The van der Waals surface area contributed by atoms with Crippen LogP contribution in [0.15, 0.2) is 35.0 Å². The van der Waals surface area contributed by atoms with Crippen molar-refractivity contribution in [2.45, 2.75) is 13.8 Å². The number of rotatable bonds is 6. The van der Waals surface area contributed by atoms with Crippen molar-refractivity contribution in [3.63, 3.8) is 0 Å². The van der Waals surface area contributed by atoms with Gasteiger partial charge in [-0.25, -0.2) is 4.63 Å². The zero-order chi connectivity index (χ0) is 18.0. The van der Waals surface area contributed by atoms with E-state index in [0.717, 1.165) is 0 Å². The fraction of sp³-hybridized carbons (Fsp3) is 0.250. The number of nitrogens with one attached hydrogen (secondary N) is 1. The van der Waals surface area contributed by atoms with Crippen molar-refractivity contribution in [1.29, 1.82) is 0 Å². The Labute approximate surface area is 143 Å². The van der Waals surface area contributed by atoms with Crippen LogP contribution >= 0.6 is 0 Å². The average Bonchev–Trinajstić information content (AvgIpc) is 3.05. The van der Waals surface area contributed by atoms with Gasteiger partial charge in [0.1, 0.15) is 11.4 Å². The SMILES string of the molecule is CCN(CC)c1cc(Nc2cccc(O)c2)c([N+](=O)[O-])c2nonc12. The molecule has 130 valence electrons. The Morgan fingerprint density at radius 3 is 2.60 bits per heavy atom. The molecule has 2 N–H and O–H groups in total. The van der Waals surface area contributed by atoms with Crippen molar-refractivity contribution < 1.29 is 14.7 Å². The fourth-order valence-electron chi connectivity index (χ4n) is 2.74. The highest BCUT2D eigenvalue weighted by Gasteiger charge is 2.27. The normalized spacial score (nSPS) is 10.8. The Morgan fingerprint density at radius 2 is 1.96 bits per heavy atom. The second kappa shape index (κ2) is 6.63. The molecule has 0 radical (unpaired) electrons. The first-order chi connectivity index (χ1) is 12.0. The van der Waals surface area contributed by atoms with Crippen molar-refractivity contribution in [2.24, 2.45) is 0 Å². The fourth-order valence-corrected chi connectivity index (χ4v) is 2.74. The first-order valence-corrected chi connectivity index (χ1v) is 7.79. The number of aromatic nitrogens is 2. The largest absolute Gasteiger partial charge is 0.508 e. The van der Waals surface area contributed by atoms with Crippen LogP contribution in [-0.2, 0) is 0 Å². The minimum atomic E-state index is -0.524. The summed E-state index contributed by atoms with van der Waals surface area (Å²) in [5.41, 5.74) is 1.66. The van der Waals surface area contributed by atoms with Crippen LogP contribution in [0, 0.1) is 10.1 Å². The van der Waals surface area contributed by atoms with E-state index in [1.54, 1.807) is 18.2 Å². The molecule has 0 fully saturated rings. The third-order valence-electron chi connectivity index (χ3n) is 3.90. The van der Waals surface area contributed by atoms with Crippen LogP contribution < -0.4 is 10.2 Å². The maximum Gasteiger partial charge on any atom is 0.324 e. The topological polar surface area (TPSA) is 118 Å². The Bertz CT molecular complexity index is 920. The van der Waals surface area contributed by atoms with E-state index in [4.69, 9.17) is 4.63 Å². The summed E-state index contributed by atoms with van der Waals surface area (Å²) in [5.74, 6) is 0.0563. The number of benzene rings is 2. The van der Waals surface area contributed by atoms with Gasteiger partial charge in [-0.2, -0.15) is 0 Å². The second-order valence-electron chi connectivity index (χ2n) is 5.36. The van der Waals surface area contributed by atoms with Gasteiger partial charge < -0.3 is 15.3 Å². The number of phenolic OH excluding ortho intramolecular Hbond substituents is 1. The molecule has 9 heteroatoms. The predicted molar refractivity (Wildman–Crippen MR) is 93.4 cm³/mol. The van der Waals surface area contributed by atoms with Crippen molar-refractivity contribution in [1.82, 2.24) is 10.3 Å². The van der Waals surface area contributed by atoms with Crippen LogP contribution in [0.4, 0.5) is 22.7 Å². The molecule has 9 nitrogen and oxygen atoms in total. The van der Waals surface area contributed by atoms with Crippen LogP contribution in [0.25, 0.3) is 11.0 Å². The molecule has 25 heavy (non-hydrogen) atoms. The predicted octanol–water partition coefficient (Wildman–Crippen LogP) is 3.43. The molecule has 0 aliphatic heterocycles. The summed E-state index contributed by atoms with van der Waals surface area (Å²) >= 11 is 0. The van der Waals surface area contributed by atoms with Crippen LogP contribution in [-0.4, -0.2) is 33.4 Å². The lowest BCUT2D eigenvalue weighted by atomic mass is 10.1. The summed E-state index contributed by atoms with van der Waals surface area (Å²) in [5, 5.41) is 31.8. The van der Waals surface area contributed by atoms with Gasteiger partial charge in [-0.1, -0.05) is 6.07 Å². The molecule has 0 bridgehead atoms. The second-order valence-corrected chi connectivity index (χ2v) is 5.36. The van der Waals surface area contributed by atoms with Gasteiger partial charge in [0.2, 0.25) is 5.52 Å². The van der Waals surface area contributed by atoms with Gasteiger partial charge in [0.25, 0.3) is 0 Å². The molecule has 3 aromatic rings. The molecule has 0 spiro atoms. The molecule has 0 aliphatic carbocycles. The third-order valence-corrected chi connectivity index (χ3v) is 3.90. The lowest BCUT2D eigenvalue weighted by Gasteiger charge is -2.21. The first-order valence-electron chi connectivity index (χ1n) is 7.79. The number of anilines is 3. The van der Waals surface area contributed by atoms with E-state index in [1.165, 1.54) is 12.1 Å². The standard InChI is InChI=1S/C16H17N5O4/c1-3-20(4-2)13-9-12(17-10-6-5-7-11(22)8-10)16(21(23)24)15-14(13)18-25-19-15/h5-9,17,22H,3-4H2,1-2H3. The minimum Gasteiger partial charge on any atom is -0.508 e. The number of hydrogen-bond acceptors (Lipinski definition) is 8. The number of hydrogen-bond donors (Lipinski definition) is 2. The highest BCUT2D eigenvalue weighted by Crippen LogP contribution is 2.39. The van der Waals surface area contributed by atoms with Crippen LogP contribution in [0.1, 0.15) is 13.8 Å². The third kappa shape index (κ3) is 3.03. The molecule has 0 saturated heterocycles. The van der Waals surface area contributed by atoms with Crippen LogP contribution in [0.3, 0.4) is 0 Å². The highest BCUT2D eigenvalue weighted by atomic mass is 16.6. The molecule has 3 rings (SSSR count). The van der Waals surface area contributed by atoms with Gasteiger partial charge in [0.05, 0.1) is 10.6 Å². The molecule has 0 atom stereocenters. The Balaban J connectivity index is 2.21. The smallest absolute Gasteiger partial charge is 0.324 e. The molecular formula is C16H17N5O4. The van der Waals surface area contributed by atoms with E-state index in [9.17, 15) is 15.2 Å². The van der Waals surface area contributed by atoms with Crippen molar-refractivity contribution >= 4 is 33.8 Å². The van der Waals surface area contributed by atoms with Crippen molar-refractivity contribution in [2.75, 3.05) is 23.3 Å². The number of fused-ring (bicyclic) bond motifs is 1. The lowest BCUT2D eigenvalue weighted by molar-refractivity contribution is -0.382.